The van der Waals surface area contributed by atoms with E-state index in [1.54, 1.807) is 18.7 Å². The summed E-state index contributed by atoms with van der Waals surface area (Å²) in [6.07, 6.45) is 1.63. The zero-order valence-electron chi connectivity index (χ0n) is 19.5. The number of hydrogen-bond donors (Lipinski definition) is 2. The van der Waals surface area contributed by atoms with E-state index in [4.69, 9.17) is 4.74 Å². The maximum Gasteiger partial charge on any atom is 0.407 e. The first-order valence-corrected chi connectivity index (χ1v) is 11.9. The molecule has 0 aromatic heterocycles. The van der Waals surface area contributed by atoms with Gasteiger partial charge in [-0.1, -0.05) is 48.5 Å². The molecular weight excluding hydrogens is 432 g/mol. The minimum Gasteiger partial charge on any atom is -0.481 e. The Balaban J connectivity index is 1.20. The smallest absolute Gasteiger partial charge is 0.407 e. The van der Waals surface area contributed by atoms with E-state index in [1.165, 1.54) is 0 Å². The molecule has 2 aliphatic heterocycles. The highest BCUT2D eigenvalue weighted by atomic mass is 16.5. The van der Waals surface area contributed by atoms with Crippen molar-refractivity contribution >= 4 is 18.0 Å². The van der Waals surface area contributed by atoms with Crippen molar-refractivity contribution in [1.29, 1.82) is 0 Å². The number of amides is 2. The molecule has 0 radical (unpaired) electrons. The summed E-state index contributed by atoms with van der Waals surface area (Å²) in [4.78, 5) is 39.0. The van der Waals surface area contributed by atoms with Crippen molar-refractivity contribution in [2.45, 2.75) is 63.1 Å². The number of nitrogens with zero attached hydrogens (tertiary/aromatic N) is 1. The lowest BCUT2D eigenvalue weighted by molar-refractivity contribution is -0.143. The molecule has 3 atom stereocenters. The monoisotopic (exact) mass is 462 g/mol. The fourth-order valence-electron chi connectivity index (χ4n) is 6.07. The number of carboxylic acid groups (broad SMARTS) is 1. The van der Waals surface area contributed by atoms with E-state index in [0.717, 1.165) is 35.1 Å². The van der Waals surface area contributed by atoms with Gasteiger partial charge in [-0.15, -0.1) is 0 Å². The van der Waals surface area contributed by atoms with Crippen LogP contribution in [0.25, 0.3) is 11.1 Å². The van der Waals surface area contributed by atoms with E-state index in [2.05, 4.69) is 29.6 Å². The molecule has 0 unspecified atom stereocenters. The van der Waals surface area contributed by atoms with E-state index in [1.807, 2.05) is 24.3 Å². The van der Waals surface area contributed by atoms with Gasteiger partial charge in [0.05, 0.1) is 5.92 Å². The van der Waals surface area contributed by atoms with Crippen molar-refractivity contribution in [2.75, 3.05) is 6.61 Å². The molecule has 2 N–H and O–H groups in total. The molecule has 0 saturated carbocycles. The first-order valence-electron chi connectivity index (χ1n) is 11.9. The zero-order valence-corrected chi connectivity index (χ0v) is 19.5. The first kappa shape index (κ1) is 22.4. The van der Waals surface area contributed by atoms with Crippen LogP contribution in [-0.2, 0) is 14.3 Å². The van der Waals surface area contributed by atoms with Crippen LogP contribution in [0.5, 0.6) is 0 Å². The summed E-state index contributed by atoms with van der Waals surface area (Å²) in [6.45, 7) is 3.79. The third kappa shape index (κ3) is 3.93. The summed E-state index contributed by atoms with van der Waals surface area (Å²) in [5, 5.41) is 12.3. The van der Waals surface area contributed by atoms with E-state index >= 15 is 0 Å². The van der Waals surface area contributed by atoms with Crippen molar-refractivity contribution in [2.24, 2.45) is 5.92 Å². The number of carbonyl (C=O) groups is 3. The van der Waals surface area contributed by atoms with Gasteiger partial charge in [-0.25, -0.2) is 4.79 Å². The van der Waals surface area contributed by atoms with Crippen molar-refractivity contribution in [3.8, 4) is 11.1 Å². The molecule has 0 spiro atoms. The molecule has 2 heterocycles. The number of nitrogens with one attached hydrogen (secondary N) is 1. The number of ether oxygens (including phenoxy) is 1. The van der Waals surface area contributed by atoms with E-state index in [0.29, 0.717) is 6.42 Å². The van der Waals surface area contributed by atoms with Gasteiger partial charge in [0.15, 0.2) is 0 Å². The van der Waals surface area contributed by atoms with Crippen LogP contribution in [0.15, 0.2) is 48.5 Å². The third-order valence-corrected chi connectivity index (χ3v) is 7.52. The second kappa shape index (κ2) is 8.46. The number of carbonyl (C=O) groups excluding carboxylic acids is 2. The molecule has 1 aliphatic carbocycles. The predicted octanol–water partition coefficient (Wildman–Crippen LogP) is 4.16. The molecule has 7 nitrogen and oxygen atoms in total. The lowest BCUT2D eigenvalue weighted by Gasteiger charge is -2.30. The maximum atomic E-state index is 13.1. The third-order valence-electron chi connectivity index (χ3n) is 7.52. The highest BCUT2D eigenvalue weighted by Crippen LogP contribution is 2.45. The molecule has 2 aromatic rings. The zero-order chi connectivity index (χ0) is 24.0. The Morgan fingerprint density at radius 3 is 2.24 bits per heavy atom. The lowest BCUT2D eigenvalue weighted by atomic mass is 9.89. The van der Waals surface area contributed by atoms with Crippen molar-refractivity contribution in [3.05, 3.63) is 59.7 Å². The standard InChI is InChI=1S/C27H30N2O5/c1-27(2,14-24(30)29-16-11-12-23(29)21(13-16)25(31)32)28-26(33)34-15-22-19-9-5-3-7-17(19)18-8-4-6-10-20(18)22/h3-10,16,21-23H,11-15H2,1-2H3,(H,28,33)(H,31,32)/t16-,21+,23+/m1/s1. The van der Waals surface area contributed by atoms with E-state index in [-0.39, 0.29) is 36.9 Å². The highest BCUT2D eigenvalue weighted by molar-refractivity contribution is 5.82. The number of aliphatic carboxylic acids is 1. The second-order valence-electron chi connectivity index (χ2n) is 10.3. The van der Waals surface area contributed by atoms with E-state index < -0.39 is 23.5 Å². The van der Waals surface area contributed by atoms with Crippen molar-refractivity contribution in [1.82, 2.24) is 10.2 Å². The maximum absolute atomic E-state index is 13.1. The molecule has 34 heavy (non-hydrogen) atoms. The highest BCUT2D eigenvalue weighted by Gasteiger charge is 2.51. The van der Waals surface area contributed by atoms with Gasteiger partial charge in [-0.2, -0.15) is 0 Å². The molecule has 2 aromatic carbocycles. The summed E-state index contributed by atoms with van der Waals surface area (Å²) < 4.78 is 5.63. The van der Waals surface area contributed by atoms with Gasteiger partial charge in [0.1, 0.15) is 6.61 Å². The summed E-state index contributed by atoms with van der Waals surface area (Å²) >= 11 is 0. The molecule has 3 aliphatic rings. The topological polar surface area (TPSA) is 95.9 Å². The van der Waals surface area contributed by atoms with Gasteiger partial charge in [0.25, 0.3) is 0 Å². The van der Waals surface area contributed by atoms with Crippen LogP contribution in [0.4, 0.5) is 4.79 Å². The molecular formula is C27H30N2O5. The molecule has 2 saturated heterocycles. The number of benzene rings is 2. The number of alkyl carbamates (subject to hydrolysis) is 1. The van der Waals surface area contributed by atoms with Gasteiger partial charge in [0, 0.05) is 30.0 Å². The minimum absolute atomic E-state index is 0.0103. The quantitative estimate of drug-likeness (QED) is 0.672. The van der Waals surface area contributed by atoms with Crippen LogP contribution in [0.3, 0.4) is 0 Å². The van der Waals surface area contributed by atoms with Crippen LogP contribution in [0.2, 0.25) is 0 Å². The van der Waals surface area contributed by atoms with E-state index in [9.17, 15) is 19.5 Å². The summed E-state index contributed by atoms with van der Waals surface area (Å²) in [7, 11) is 0. The van der Waals surface area contributed by atoms with Crippen LogP contribution in [0, 0.1) is 5.92 Å². The minimum atomic E-state index is -0.832. The largest absolute Gasteiger partial charge is 0.481 e. The second-order valence-corrected chi connectivity index (χ2v) is 10.3. The Bertz CT molecular complexity index is 1100. The Morgan fingerprint density at radius 2 is 1.65 bits per heavy atom. The Kier molecular flexibility index (Phi) is 5.58. The number of hydrogen-bond acceptors (Lipinski definition) is 4. The Labute approximate surface area is 199 Å². The fourth-order valence-corrected chi connectivity index (χ4v) is 6.07. The number of carboxylic acids is 1. The van der Waals surface area contributed by atoms with Gasteiger partial charge in [-0.3, -0.25) is 9.59 Å². The van der Waals surface area contributed by atoms with Gasteiger partial charge in [-0.05, 0) is 55.4 Å². The van der Waals surface area contributed by atoms with Crippen LogP contribution in [-0.4, -0.2) is 52.2 Å². The van der Waals surface area contributed by atoms with Gasteiger partial charge in [0.2, 0.25) is 5.91 Å². The van der Waals surface area contributed by atoms with Crippen LogP contribution >= 0.6 is 0 Å². The average Bonchev–Trinajstić information content (AvgIpc) is 3.47. The summed E-state index contributed by atoms with van der Waals surface area (Å²) in [5.74, 6) is -1.46. The molecule has 7 heteroatoms. The molecule has 5 rings (SSSR count). The molecule has 178 valence electrons. The Hall–Kier alpha value is -3.35. The summed E-state index contributed by atoms with van der Waals surface area (Å²) in [5.41, 5.74) is 3.79. The number of rotatable bonds is 6. The Morgan fingerprint density at radius 1 is 1.03 bits per heavy atom. The first-order chi connectivity index (χ1) is 16.2. The predicted molar refractivity (Wildman–Crippen MR) is 126 cm³/mol. The van der Waals surface area contributed by atoms with Crippen molar-refractivity contribution in [3.63, 3.8) is 0 Å². The lowest BCUT2D eigenvalue weighted by Crippen LogP contribution is -2.49. The summed E-state index contributed by atoms with van der Waals surface area (Å²) in [6, 6.07) is 16.1. The normalized spacial score (nSPS) is 22.9. The van der Waals surface area contributed by atoms with Gasteiger partial charge < -0.3 is 20.1 Å². The van der Waals surface area contributed by atoms with Gasteiger partial charge >= 0.3 is 12.1 Å². The van der Waals surface area contributed by atoms with Crippen LogP contribution < -0.4 is 5.32 Å². The SMILES string of the molecule is CC(C)(CC(=O)N1[C@@H]2CC[C@H]1[C@@H](C(=O)O)C2)NC(=O)OCC1c2ccccc2-c2ccccc21. The van der Waals surface area contributed by atoms with Crippen molar-refractivity contribution < 1.29 is 24.2 Å². The molecule has 2 fully saturated rings. The molecule has 2 bridgehead atoms. The van der Waals surface area contributed by atoms with Crippen LogP contribution in [0.1, 0.15) is 56.6 Å². The molecule has 2 amide bonds. The average molecular weight is 463 g/mol. The fraction of sp³-hybridized carbons (Fsp3) is 0.444. The number of fused-ring (bicyclic) bond motifs is 5.